The molecule has 0 amide bonds. The van der Waals surface area contributed by atoms with E-state index in [0.29, 0.717) is 47.9 Å². The highest BCUT2D eigenvalue weighted by atomic mass is 16.7. The van der Waals surface area contributed by atoms with Crippen molar-refractivity contribution in [3.05, 3.63) is 12.2 Å². The second kappa shape index (κ2) is 9.17. The molecule has 176 valence electrons. The summed E-state index contributed by atoms with van der Waals surface area (Å²) in [6, 6.07) is 0. The summed E-state index contributed by atoms with van der Waals surface area (Å²) in [5.41, 5.74) is 0.779. The van der Waals surface area contributed by atoms with E-state index < -0.39 is 0 Å². The Morgan fingerprint density at radius 1 is 1.10 bits per heavy atom. The Labute approximate surface area is 189 Å². The van der Waals surface area contributed by atoms with Crippen molar-refractivity contribution in [2.24, 2.45) is 46.3 Å². The lowest BCUT2D eigenvalue weighted by Gasteiger charge is -2.62. The Morgan fingerprint density at radius 2 is 1.87 bits per heavy atom. The first kappa shape index (κ1) is 23.3. The summed E-state index contributed by atoms with van der Waals surface area (Å²) in [7, 11) is 3.24. The van der Waals surface area contributed by atoms with Gasteiger partial charge >= 0.3 is 5.97 Å². The molecule has 3 saturated carbocycles. The van der Waals surface area contributed by atoms with Gasteiger partial charge in [-0.25, -0.2) is 0 Å². The van der Waals surface area contributed by atoms with Gasteiger partial charge in [0, 0.05) is 13.5 Å². The zero-order chi connectivity index (χ0) is 22.2. The van der Waals surface area contributed by atoms with Gasteiger partial charge in [-0.15, -0.1) is 0 Å². The molecule has 4 aliphatic rings. The van der Waals surface area contributed by atoms with Crippen LogP contribution in [-0.4, -0.2) is 33.1 Å². The van der Waals surface area contributed by atoms with Gasteiger partial charge in [-0.3, -0.25) is 4.79 Å². The van der Waals surface area contributed by atoms with Gasteiger partial charge in [0.15, 0.2) is 0 Å². The summed E-state index contributed by atoms with van der Waals surface area (Å²) >= 11 is 0. The standard InChI is InChI=1S/C27H44O4/c1-18(9-12-24(28)30-5)20-10-11-21-25-22(13-15-27(20,21)3)26(2)14-7-6-8-19(26)16-23(25)31-17-29-4/h6-7,18-23,25H,8-17H2,1-5H3/t18?,19-,20+,21-,22-,23-,25-,26-,27+/m0/s1. The summed E-state index contributed by atoms with van der Waals surface area (Å²) in [6.45, 7) is 7.94. The van der Waals surface area contributed by atoms with Crippen molar-refractivity contribution < 1.29 is 19.0 Å². The number of methoxy groups -OCH3 is 2. The zero-order valence-electron chi connectivity index (χ0n) is 20.4. The lowest BCUT2D eigenvalue weighted by Crippen LogP contribution is -2.58. The molecule has 0 bridgehead atoms. The first-order valence-electron chi connectivity index (χ1n) is 12.7. The molecule has 0 N–H and O–H groups in total. The van der Waals surface area contributed by atoms with Crippen molar-refractivity contribution in [2.45, 2.75) is 84.7 Å². The van der Waals surface area contributed by atoms with Crippen LogP contribution in [0, 0.1) is 46.3 Å². The van der Waals surface area contributed by atoms with Crippen LogP contribution in [0.4, 0.5) is 0 Å². The molecule has 4 rings (SSSR count). The van der Waals surface area contributed by atoms with Gasteiger partial charge in [0.05, 0.1) is 13.2 Å². The molecule has 1 unspecified atom stereocenters. The molecule has 0 saturated heterocycles. The first-order valence-corrected chi connectivity index (χ1v) is 12.7. The molecular formula is C27H44O4. The maximum atomic E-state index is 11.7. The van der Waals surface area contributed by atoms with Gasteiger partial charge < -0.3 is 14.2 Å². The van der Waals surface area contributed by atoms with Gasteiger partial charge in [-0.1, -0.05) is 32.9 Å². The Bertz CT molecular complexity index is 674. The molecule has 0 aromatic carbocycles. The quantitative estimate of drug-likeness (QED) is 0.281. The summed E-state index contributed by atoms with van der Waals surface area (Å²) < 4.78 is 16.7. The van der Waals surface area contributed by atoms with Crippen LogP contribution in [0.1, 0.15) is 78.6 Å². The monoisotopic (exact) mass is 432 g/mol. The highest BCUT2D eigenvalue weighted by Gasteiger charge is 2.62. The van der Waals surface area contributed by atoms with Crippen molar-refractivity contribution in [3.8, 4) is 0 Å². The highest BCUT2D eigenvalue weighted by Crippen LogP contribution is 2.68. The number of rotatable bonds is 7. The fourth-order valence-corrected chi connectivity index (χ4v) is 8.73. The number of ether oxygens (including phenoxy) is 3. The van der Waals surface area contributed by atoms with Gasteiger partial charge in [0.2, 0.25) is 0 Å². The average molecular weight is 433 g/mol. The minimum Gasteiger partial charge on any atom is -0.469 e. The SMILES string of the molecule is COCO[C@H]1C[C@@H]2CC=CC[C@]2(C)[C@H]2CC[C@]3(C)[C@@H](C(C)CCC(=O)OC)CC[C@H]3[C@H]12. The number of carbonyl (C=O) groups excluding carboxylic acids is 1. The molecule has 0 spiro atoms. The van der Waals surface area contributed by atoms with Crippen molar-refractivity contribution >= 4 is 5.97 Å². The van der Waals surface area contributed by atoms with E-state index in [0.717, 1.165) is 24.2 Å². The van der Waals surface area contributed by atoms with E-state index in [2.05, 4.69) is 32.9 Å². The summed E-state index contributed by atoms with van der Waals surface area (Å²) in [5.74, 6) is 4.04. The van der Waals surface area contributed by atoms with Crippen LogP contribution in [0.5, 0.6) is 0 Å². The van der Waals surface area contributed by atoms with Gasteiger partial charge in [-0.05, 0) is 97.7 Å². The van der Waals surface area contributed by atoms with E-state index >= 15 is 0 Å². The minimum atomic E-state index is -0.0695. The number of fused-ring (bicyclic) bond motifs is 5. The molecule has 4 nitrogen and oxygen atoms in total. The predicted octanol–water partition coefficient (Wildman–Crippen LogP) is 6.00. The van der Waals surface area contributed by atoms with Crippen molar-refractivity contribution in [1.82, 2.24) is 0 Å². The van der Waals surface area contributed by atoms with E-state index in [9.17, 15) is 4.79 Å². The molecule has 0 radical (unpaired) electrons. The minimum absolute atomic E-state index is 0.0695. The van der Waals surface area contributed by atoms with Crippen LogP contribution < -0.4 is 0 Å². The van der Waals surface area contributed by atoms with Crippen molar-refractivity contribution in [1.29, 1.82) is 0 Å². The Morgan fingerprint density at radius 3 is 2.61 bits per heavy atom. The largest absolute Gasteiger partial charge is 0.469 e. The Hall–Kier alpha value is -0.870. The Kier molecular flexibility index (Phi) is 6.89. The molecule has 9 atom stereocenters. The van der Waals surface area contributed by atoms with Crippen LogP contribution >= 0.6 is 0 Å². The molecule has 3 fully saturated rings. The smallest absolute Gasteiger partial charge is 0.305 e. The number of esters is 1. The van der Waals surface area contributed by atoms with Gasteiger partial charge in [-0.2, -0.15) is 0 Å². The molecule has 0 aromatic rings. The normalized spacial score (nSPS) is 44.8. The van der Waals surface area contributed by atoms with Crippen LogP contribution in [-0.2, 0) is 19.0 Å². The molecular weight excluding hydrogens is 388 g/mol. The third kappa shape index (κ3) is 4.01. The molecule has 0 aliphatic heterocycles. The van der Waals surface area contributed by atoms with Gasteiger partial charge in [0.1, 0.15) is 6.79 Å². The number of hydrogen-bond donors (Lipinski definition) is 0. The lowest BCUT2D eigenvalue weighted by atomic mass is 9.44. The van der Waals surface area contributed by atoms with E-state index in [1.54, 1.807) is 7.11 Å². The first-order chi connectivity index (χ1) is 14.8. The van der Waals surface area contributed by atoms with Gasteiger partial charge in [0.25, 0.3) is 0 Å². The predicted molar refractivity (Wildman–Crippen MR) is 122 cm³/mol. The van der Waals surface area contributed by atoms with E-state index in [4.69, 9.17) is 14.2 Å². The lowest BCUT2D eigenvalue weighted by molar-refractivity contribution is -0.195. The molecule has 4 aliphatic carbocycles. The number of allylic oxidation sites excluding steroid dienone is 2. The highest BCUT2D eigenvalue weighted by molar-refractivity contribution is 5.69. The van der Waals surface area contributed by atoms with Crippen molar-refractivity contribution in [3.63, 3.8) is 0 Å². The van der Waals surface area contributed by atoms with Crippen LogP contribution in [0.25, 0.3) is 0 Å². The van der Waals surface area contributed by atoms with Crippen molar-refractivity contribution in [2.75, 3.05) is 21.0 Å². The van der Waals surface area contributed by atoms with E-state index in [1.165, 1.54) is 52.1 Å². The third-order valence-electron chi connectivity index (χ3n) is 10.4. The molecule has 31 heavy (non-hydrogen) atoms. The molecule has 0 aromatic heterocycles. The third-order valence-corrected chi connectivity index (χ3v) is 10.4. The van der Waals surface area contributed by atoms with Crippen LogP contribution in [0.2, 0.25) is 0 Å². The fourth-order valence-electron chi connectivity index (χ4n) is 8.73. The van der Waals surface area contributed by atoms with Crippen LogP contribution in [0.3, 0.4) is 0 Å². The fraction of sp³-hybridized carbons (Fsp3) is 0.889. The summed E-state index contributed by atoms with van der Waals surface area (Å²) in [6.07, 6.45) is 15.6. The van der Waals surface area contributed by atoms with Crippen LogP contribution in [0.15, 0.2) is 12.2 Å². The second-order valence-corrected chi connectivity index (χ2v) is 11.6. The topological polar surface area (TPSA) is 44.8 Å². The average Bonchev–Trinajstić information content (AvgIpc) is 3.12. The summed E-state index contributed by atoms with van der Waals surface area (Å²) in [4.78, 5) is 11.7. The molecule has 0 heterocycles. The number of carbonyl (C=O) groups is 1. The van der Waals surface area contributed by atoms with E-state index in [1.807, 2.05) is 0 Å². The Balaban J connectivity index is 1.57. The zero-order valence-corrected chi connectivity index (χ0v) is 20.4. The maximum absolute atomic E-state index is 11.7. The van der Waals surface area contributed by atoms with E-state index in [-0.39, 0.29) is 5.97 Å². The molecule has 4 heteroatoms. The number of hydrogen-bond acceptors (Lipinski definition) is 4. The second-order valence-electron chi connectivity index (χ2n) is 11.6. The maximum Gasteiger partial charge on any atom is 0.305 e. The summed E-state index contributed by atoms with van der Waals surface area (Å²) in [5, 5.41) is 0.